The van der Waals surface area contributed by atoms with Gasteiger partial charge >= 0.3 is 6.03 Å². The SMILES string of the molecule is CCc1ccc(C[C@@H](CC(=O)N2CCC(N3CCc4ccccc4NC3=O)CC2)C(=O)N2CCC(N3CCN(C)CC3)CC2)cc1CC. The lowest BCUT2D eigenvalue weighted by Crippen LogP contribution is -2.53. The standard InChI is InChI=1S/C39H56N6O3/c1-4-30-11-10-29(26-31(30)5-2)27-33(38(47)44-19-13-34(14-20-44)42-24-22-41(3)23-25-42)28-37(46)43-17-15-35(16-18-43)45-21-12-32-8-6-7-9-36(32)40-39(45)48/h6-11,26,33-35H,4-5,12-25,27-28H2,1-3H3,(H,40,48)/t33-/m0/s1. The van der Waals surface area contributed by atoms with E-state index in [1.54, 1.807) is 0 Å². The number of likely N-dealkylation sites (tertiary alicyclic amines) is 2. The van der Waals surface area contributed by atoms with Crippen molar-refractivity contribution < 1.29 is 14.4 Å². The van der Waals surface area contributed by atoms with Crippen LogP contribution in [0.1, 0.15) is 68.2 Å². The minimum Gasteiger partial charge on any atom is -0.343 e. The van der Waals surface area contributed by atoms with E-state index in [0.717, 1.165) is 101 Å². The smallest absolute Gasteiger partial charge is 0.322 e. The monoisotopic (exact) mass is 656 g/mol. The number of amides is 4. The van der Waals surface area contributed by atoms with Crippen molar-refractivity contribution >= 4 is 23.5 Å². The van der Waals surface area contributed by atoms with Crippen LogP contribution in [0.5, 0.6) is 0 Å². The van der Waals surface area contributed by atoms with Crippen LogP contribution in [0.4, 0.5) is 10.5 Å². The van der Waals surface area contributed by atoms with E-state index >= 15 is 0 Å². The summed E-state index contributed by atoms with van der Waals surface area (Å²) < 4.78 is 0. The van der Waals surface area contributed by atoms with Crippen molar-refractivity contribution in [2.45, 2.75) is 83.7 Å². The Bertz CT molecular complexity index is 1420. The molecule has 2 aromatic rings. The first kappa shape index (κ1) is 34.4. The summed E-state index contributed by atoms with van der Waals surface area (Å²) >= 11 is 0. The Morgan fingerprint density at radius 3 is 2.17 bits per heavy atom. The Hall–Kier alpha value is -3.43. The molecular formula is C39H56N6O3. The molecule has 260 valence electrons. The predicted octanol–water partition coefficient (Wildman–Crippen LogP) is 4.68. The van der Waals surface area contributed by atoms with Gasteiger partial charge in [0.25, 0.3) is 0 Å². The molecule has 1 N–H and O–H groups in total. The maximum Gasteiger partial charge on any atom is 0.322 e. The second kappa shape index (κ2) is 15.9. The van der Waals surface area contributed by atoms with Crippen molar-refractivity contribution in [2.24, 2.45) is 5.92 Å². The van der Waals surface area contributed by atoms with E-state index in [-0.39, 0.29) is 36.2 Å². The number of fused-ring (bicyclic) bond motifs is 1. The van der Waals surface area contributed by atoms with Crippen molar-refractivity contribution in [3.05, 3.63) is 64.7 Å². The fourth-order valence-electron chi connectivity index (χ4n) is 8.41. The predicted molar refractivity (Wildman–Crippen MR) is 191 cm³/mol. The molecule has 0 spiro atoms. The zero-order chi connectivity index (χ0) is 33.6. The average Bonchev–Trinajstić information content (AvgIpc) is 3.29. The molecule has 0 aromatic heterocycles. The highest BCUT2D eigenvalue weighted by molar-refractivity contribution is 5.91. The van der Waals surface area contributed by atoms with Gasteiger partial charge in [-0.3, -0.25) is 14.5 Å². The van der Waals surface area contributed by atoms with Crippen LogP contribution in [-0.2, 0) is 35.3 Å². The Labute approximate surface area is 287 Å². The fraction of sp³-hybridized carbons (Fsp3) is 0.615. The number of nitrogens with one attached hydrogen (secondary N) is 1. The van der Waals surface area contributed by atoms with E-state index < -0.39 is 0 Å². The lowest BCUT2D eigenvalue weighted by atomic mass is 9.90. The maximum absolute atomic E-state index is 14.2. The topological polar surface area (TPSA) is 79.4 Å². The summed E-state index contributed by atoms with van der Waals surface area (Å²) in [4.78, 5) is 52.2. The van der Waals surface area contributed by atoms with Gasteiger partial charge in [-0.1, -0.05) is 50.2 Å². The minimum absolute atomic E-state index is 0.0488. The number of aryl methyl sites for hydroxylation is 2. The third-order valence-electron chi connectivity index (χ3n) is 11.5. The number of likely N-dealkylation sites (N-methyl/N-ethyl adjacent to an activating group) is 1. The number of hydrogen-bond donors (Lipinski definition) is 1. The van der Waals surface area contributed by atoms with Crippen molar-refractivity contribution in [3.8, 4) is 0 Å². The third kappa shape index (κ3) is 8.05. The first-order valence-corrected chi connectivity index (χ1v) is 18.6. The van der Waals surface area contributed by atoms with Crippen LogP contribution in [0.2, 0.25) is 0 Å². The van der Waals surface area contributed by atoms with E-state index in [9.17, 15) is 14.4 Å². The average molecular weight is 657 g/mol. The first-order chi connectivity index (χ1) is 23.3. The molecule has 3 saturated heterocycles. The number of carbonyl (C=O) groups is 3. The van der Waals surface area contributed by atoms with Crippen LogP contribution >= 0.6 is 0 Å². The van der Waals surface area contributed by atoms with Gasteiger partial charge in [0.05, 0.1) is 5.92 Å². The van der Waals surface area contributed by atoms with E-state index in [1.807, 2.05) is 32.9 Å². The highest BCUT2D eigenvalue weighted by Gasteiger charge is 2.35. The van der Waals surface area contributed by atoms with E-state index in [1.165, 1.54) is 11.1 Å². The molecule has 0 bridgehead atoms. The van der Waals surface area contributed by atoms with Gasteiger partial charge in [-0.25, -0.2) is 4.79 Å². The Morgan fingerprint density at radius 1 is 0.792 bits per heavy atom. The van der Waals surface area contributed by atoms with Crippen LogP contribution in [0.15, 0.2) is 42.5 Å². The zero-order valence-electron chi connectivity index (χ0n) is 29.5. The van der Waals surface area contributed by atoms with Crippen LogP contribution in [-0.4, -0.2) is 120 Å². The number of piperidine rings is 2. The second-order valence-electron chi connectivity index (χ2n) is 14.5. The number of urea groups is 1. The quantitative estimate of drug-likeness (QED) is 0.424. The molecule has 2 aromatic carbocycles. The summed E-state index contributed by atoms with van der Waals surface area (Å²) in [6.45, 7) is 12.2. The minimum atomic E-state index is -0.373. The van der Waals surface area contributed by atoms with Crippen LogP contribution in [0, 0.1) is 5.92 Å². The molecule has 0 saturated carbocycles. The van der Waals surface area contributed by atoms with Gasteiger partial charge in [0, 0.05) is 83.1 Å². The lowest BCUT2D eigenvalue weighted by Gasteiger charge is -2.42. The number of hydrogen-bond acceptors (Lipinski definition) is 5. The molecule has 6 rings (SSSR count). The molecule has 0 unspecified atom stereocenters. The molecule has 4 aliphatic rings. The molecule has 1 atom stereocenters. The number of para-hydroxylation sites is 1. The van der Waals surface area contributed by atoms with E-state index in [4.69, 9.17) is 0 Å². The Balaban J connectivity index is 1.09. The van der Waals surface area contributed by atoms with Crippen molar-refractivity contribution in [1.29, 1.82) is 0 Å². The molecular weight excluding hydrogens is 600 g/mol. The number of anilines is 1. The van der Waals surface area contributed by atoms with Crippen molar-refractivity contribution in [2.75, 3.05) is 71.3 Å². The lowest BCUT2D eigenvalue weighted by molar-refractivity contribution is -0.143. The summed E-state index contributed by atoms with van der Waals surface area (Å²) in [7, 11) is 2.19. The number of benzene rings is 2. The van der Waals surface area contributed by atoms with Gasteiger partial charge in [-0.15, -0.1) is 0 Å². The van der Waals surface area contributed by atoms with Gasteiger partial charge in [-0.05, 0) is 86.7 Å². The summed E-state index contributed by atoms with van der Waals surface area (Å²) in [5.74, 6) is -0.177. The molecule has 9 nitrogen and oxygen atoms in total. The molecule has 4 aliphatic heterocycles. The number of piperazine rings is 1. The zero-order valence-corrected chi connectivity index (χ0v) is 29.5. The van der Waals surface area contributed by atoms with Gasteiger partial charge in [0.2, 0.25) is 11.8 Å². The first-order valence-electron chi connectivity index (χ1n) is 18.6. The van der Waals surface area contributed by atoms with Crippen LogP contribution in [0.25, 0.3) is 0 Å². The van der Waals surface area contributed by atoms with Crippen molar-refractivity contribution in [3.63, 3.8) is 0 Å². The molecule has 3 fully saturated rings. The molecule has 0 aliphatic carbocycles. The highest BCUT2D eigenvalue weighted by atomic mass is 16.2. The third-order valence-corrected chi connectivity index (χ3v) is 11.5. The van der Waals surface area contributed by atoms with Gasteiger partial charge < -0.3 is 24.9 Å². The molecule has 4 amide bonds. The fourth-order valence-corrected chi connectivity index (χ4v) is 8.41. The van der Waals surface area contributed by atoms with Gasteiger partial charge in [-0.2, -0.15) is 0 Å². The number of rotatable bonds is 9. The van der Waals surface area contributed by atoms with E-state index in [0.29, 0.717) is 32.1 Å². The van der Waals surface area contributed by atoms with Crippen LogP contribution in [0.3, 0.4) is 0 Å². The largest absolute Gasteiger partial charge is 0.343 e. The molecule has 0 radical (unpaired) electrons. The number of nitrogens with zero attached hydrogens (tertiary/aromatic N) is 5. The molecule has 48 heavy (non-hydrogen) atoms. The molecule has 4 heterocycles. The molecule has 9 heteroatoms. The Kier molecular flexibility index (Phi) is 11.4. The number of carbonyl (C=O) groups excluding carboxylic acids is 3. The Morgan fingerprint density at radius 2 is 1.46 bits per heavy atom. The summed E-state index contributed by atoms with van der Waals surface area (Å²) in [5, 5.41) is 3.09. The highest BCUT2D eigenvalue weighted by Crippen LogP contribution is 2.27. The van der Waals surface area contributed by atoms with Gasteiger partial charge in [0.15, 0.2) is 0 Å². The summed E-state index contributed by atoms with van der Waals surface area (Å²) in [5.41, 5.74) is 5.90. The van der Waals surface area contributed by atoms with E-state index in [2.05, 4.69) is 60.3 Å². The van der Waals surface area contributed by atoms with Crippen molar-refractivity contribution in [1.82, 2.24) is 24.5 Å². The van der Waals surface area contributed by atoms with Gasteiger partial charge in [0.1, 0.15) is 0 Å². The summed E-state index contributed by atoms with van der Waals surface area (Å²) in [6, 6.07) is 15.2. The van der Waals surface area contributed by atoms with Crippen LogP contribution < -0.4 is 5.32 Å². The normalized spacial score (nSPS) is 21.1. The maximum atomic E-state index is 14.2. The summed E-state index contributed by atoms with van der Waals surface area (Å²) in [6.07, 6.45) is 7.12. The second-order valence-corrected chi connectivity index (χ2v) is 14.5.